The first-order valence-corrected chi connectivity index (χ1v) is 6.87. The van der Waals surface area contributed by atoms with E-state index < -0.39 is 23.4 Å². The van der Waals surface area contributed by atoms with Crippen molar-refractivity contribution in [2.75, 3.05) is 0 Å². The van der Waals surface area contributed by atoms with Crippen LogP contribution in [0, 0.1) is 17.5 Å². The van der Waals surface area contributed by atoms with Crippen molar-refractivity contribution in [3.05, 3.63) is 65.0 Å². The molecule has 0 aliphatic heterocycles. The first-order chi connectivity index (χ1) is 10.0. The molecule has 0 aromatic heterocycles. The van der Waals surface area contributed by atoms with E-state index in [4.69, 9.17) is 5.84 Å². The van der Waals surface area contributed by atoms with Gasteiger partial charge in [0.15, 0.2) is 0 Å². The molecule has 110 valence electrons. The fourth-order valence-corrected chi connectivity index (χ4v) is 2.55. The molecule has 1 amide bonds. The summed E-state index contributed by atoms with van der Waals surface area (Å²) in [5.41, 5.74) is 2.38. The van der Waals surface area contributed by atoms with Crippen molar-refractivity contribution >= 4 is 17.7 Å². The highest BCUT2D eigenvalue weighted by Crippen LogP contribution is 2.27. The highest BCUT2D eigenvalue weighted by Gasteiger charge is 2.11. The lowest BCUT2D eigenvalue weighted by Gasteiger charge is -2.07. The van der Waals surface area contributed by atoms with Gasteiger partial charge in [-0.3, -0.25) is 10.2 Å². The van der Waals surface area contributed by atoms with Crippen molar-refractivity contribution in [2.24, 2.45) is 5.84 Å². The molecule has 0 fully saturated rings. The highest BCUT2D eigenvalue weighted by molar-refractivity contribution is 7.98. The van der Waals surface area contributed by atoms with Gasteiger partial charge in [0.05, 0.1) is 0 Å². The maximum atomic E-state index is 13.7. The SMILES string of the molecule is NNC(=O)c1ccc(F)c(CSc2ccc(F)cc2F)c1. The molecule has 2 aromatic carbocycles. The number of nitrogens with one attached hydrogen (secondary N) is 1. The van der Waals surface area contributed by atoms with E-state index in [0.717, 1.165) is 30.0 Å². The minimum Gasteiger partial charge on any atom is -0.290 e. The Labute approximate surface area is 123 Å². The van der Waals surface area contributed by atoms with Gasteiger partial charge in [-0.1, -0.05) is 0 Å². The lowest BCUT2D eigenvalue weighted by atomic mass is 10.1. The van der Waals surface area contributed by atoms with Crippen LogP contribution < -0.4 is 11.3 Å². The number of carbonyl (C=O) groups is 1. The summed E-state index contributed by atoms with van der Waals surface area (Å²) in [5, 5.41) is 0. The van der Waals surface area contributed by atoms with Crippen LogP contribution in [-0.2, 0) is 5.75 Å². The summed E-state index contributed by atoms with van der Waals surface area (Å²) < 4.78 is 39.9. The Morgan fingerprint density at radius 3 is 2.52 bits per heavy atom. The number of halogens is 3. The Hall–Kier alpha value is -1.99. The molecule has 0 aliphatic carbocycles. The van der Waals surface area contributed by atoms with Gasteiger partial charge in [-0.15, -0.1) is 11.8 Å². The fourth-order valence-electron chi connectivity index (χ4n) is 1.66. The van der Waals surface area contributed by atoms with Crippen LogP contribution in [0.1, 0.15) is 15.9 Å². The van der Waals surface area contributed by atoms with E-state index >= 15 is 0 Å². The summed E-state index contributed by atoms with van der Waals surface area (Å²) in [4.78, 5) is 11.6. The normalized spacial score (nSPS) is 10.5. The molecule has 0 unspecified atom stereocenters. The maximum Gasteiger partial charge on any atom is 0.265 e. The molecule has 3 nitrogen and oxygen atoms in total. The van der Waals surface area contributed by atoms with E-state index in [2.05, 4.69) is 0 Å². The molecule has 0 aliphatic rings. The van der Waals surface area contributed by atoms with Crippen LogP contribution in [0.25, 0.3) is 0 Å². The molecule has 2 rings (SSSR count). The third-order valence-corrected chi connectivity index (χ3v) is 3.81. The van der Waals surface area contributed by atoms with Crippen molar-refractivity contribution in [3.63, 3.8) is 0 Å². The highest BCUT2D eigenvalue weighted by atomic mass is 32.2. The largest absolute Gasteiger partial charge is 0.290 e. The van der Waals surface area contributed by atoms with Gasteiger partial charge in [0.25, 0.3) is 5.91 Å². The number of benzene rings is 2. The van der Waals surface area contributed by atoms with E-state index in [0.29, 0.717) is 0 Å². The van der Waals surface area contributed by atoms with Crippen LogP contribution in [0.2, 0.25) is 0 Å². The van der Waals surface area contributed by atoms with Crippen molar-refractivity contribution in [3.8, 4) is 0 Å². The molecule has 0 bridgehead atoms. The first-order valence-electron chi connectivity index (χ1n) is 5.88. The van der Waals surface area contributed by atoms with Gasteiger partial charge in [0.2, 0.25) is 0 Å². The number of nitrogen functional groups attached to an aromatic ring is 1. The summed E-state index contributed by atoms with van der Waals surface area (Å²) in [7, 11) is 0. The first kappa shape index (κ1) is 15.4. The van der Waals surface area contributed by atoms with Crippen molar-refractivity contribution in [1.29, 1.82) is 0 Å². The molecule has 0 saturated heterocycles. The minimum atomic E-state index is -0.712. The molecular weight excluding hydrogens is 301 g/mol. The minimum absolute atomic E-state index is 0.0973. The summed E-state index contributed by atoms with van der Waals surface area (Å²) >= 11 is 1.01. The number of nitrogens with two attached hydrogens (primary N) is 1. The Morgan fingerprint density at radius 2 is 1.86 bits per heavy atom. The Bertz CT molecular complexity index is 679. The Balaban J connectivity index is 2.17. The third kappa shape index (κ3) is 3.77. The van der Waals surface area contributed by atoms with Crippen LogP contribution in [0.15, 0.2) is 41.3 Å². The predicted molar refractivity (Wildman–Crippen MR) is 74.0 cm³/mol. The van der Waals surface area contributed by atoms with Crippen LogP contribution in [0.4, 0.5) is 13.2 Å². The number of rotatable bonds is 4. The Morgan fingerprint density at radius 1 is 1.10 bits per heavy atom. The van der Waals surface area contributed by atoms with E-state index in [1.165, 1.54) is 18.2 Å². The lowest BCUT2D eigenvalue weighted by Crippen LogP contribution is -2.30. The molecule has 0 atom stereocenters. The van der Waals surface area contributed by atoms with Crippen molar-refractivity contribution in [2.45, 2.75) is 10.6 Å². The topological polar surface area (TPSA) is 55.1 Å². The molecule has 7 heteroatoms. The third-order valence-electron chi connectivity index (χ3n) is 2.72. The second kappa shape index (κ2) is 6.64. The molecule has 21 heavy (non-hydrogen) atoms. The van der Waals surface area contributed by atoms with E-state index in [1.54, 1.807) is 0 Å². The average molecular weight is 312 g/mol. The van der Waals surface area contributed by atoms with Crippen LogP contribution in [0.5, 0.6) is 0 Å². The lowest BCUT2D eigenvalue weighted by molar-refractivity contribution is 0.0953. The zero-order valence-corrected chi connectivity index (χ0v) is 11.5. The fraction of sp³-hybridized carbons (Fsp3) is 0.0714. The second-order valence-electron chi connectivity index (χ2n) is 4.14. The Kier molecular flexibility index (Phi) is 4.87. The molecule has 0 heterocycles. The zero-order chi connectivity index (χ0) is 15.4. The number of carbonyl (C=O) groups excluding carboxylic acids is 1. The molecule has 0 spiro atoms. The number of thioether (sulfide) groups is 1. The van der Waals surface area contributed by atoms with Gasteiger partial charge in [-0.05, 0) is 35.9 Å². The number of hydrazine groups is 1. The molecule has 0 radical (unpaired) electrons. The number of hydrogen-bond donors (Lipinski definition) is 2. The second-order valence-corrected chi connectivity index (χ2v) is 5.16. The van der Waals surface area contributed by atoms with E-state index in [9.17, 15) is 18.0 Å². The van der Waals surface area contributed by atoms with Crippen LogP contribution in [-0.4, -0.2) is 5.91 Å². The van der Waals surface area contributed by atoms with Crippen molar-refractivity contribution < 1.29 is 18.0 Å². The quantitative estimate of drug-likeness (QED) is 0.395. The van der Waals surface area contributed by atoms with Gasteiger partial charge in [-0.25, -0.2) is 19.0 Å². The smallest absolute Gasteiger partial charge is 0.265 e. The van der Waals surface area contributed by atoms with Crippen LogP contribution >= 0.6 is 11.8 Å². The zero-order valence-electron chi connectivity index (χ0n) is 10.7. The molecule has 2 aromatic rings. The van der Waals surface area contributed by atoms with Crippen LogP contribution in [0.3, 0.4) is 0 Å². The predicted octanol–water partition coefficient (Wildman–Crippen LogP) is 3.00. The summed E-state index contributed by atoms with van der Waals surface area (Å²) in [6.07, 6.45) is 0. The monoisotopic (exact) mass is 312 g/mol. The van der Waals surface area contributed by atoms with Gasteiger partial charge >= 0.3 is 0 Å². The van der Waals surface area contributed by atoms with Gasteiger partial charge in [0.1, 0.15) is 17.5 Å². The standard InChI is InChI=1S/C14H11F3N2OS/c15-10-2-4-13(12(17)6-10)21-7-9-5-8(14(20)19-18)1-3-11(9)16/h1-6H,7,18H2,(H,19,20). The van der Waals surface area contributed by atoms with Gasteiger partial charge in [-0.2, -0.15) is 0 Å². The van der Waals surface area contributed by atoms with Gasteiger partial charge < -0.3 is 0 Å². The summed E-state index contributed by atoms with van der Waals surface area (Å²) in [6, 6.07) is 6.94. The average Bonchev–Trinajstić information content (AvgIpc) is 2.47. The summed E-state index contributed by atoms with van der Waals surface area (Å²) in [6.45, 7) is 0. The van der Waals surface area contributed by atoms with Gasteiger partial charge in [0, 0.05) is 22.3 Å². The number of amides is 1. The molecule has 0 saturated carbocycles. The maximum absolute atomic E-state index is 13.7. The van der Waals surface area contributed by atoms with E-state index in [-0.39, 0.29) is 21.8 Å². The molecule has 3 N–H and O–H groups in total. The number of hydrogen-bond acceptors (Lipinski definition) is 3. The van der Waals surface area contributed by atoms with E-state index in [1.807, 2.05) is 5.43 Å². The van der Waals surface area contributed by atoms with Crippen molar-refractivity contribution in [1.82, 2.24) is 5.43 Å². The summed E-state index contributed by atoms with van der Waals surface area (Å²) in [5.74, 6) is 2.65. The molecular formula is C14H11F3N2OS.